The first-order valence-electron chi connectivity index (χ1n) is 6.72. The highest BCUT2D eigenvalue weighted by atomic mass is 35.5. The lowest BCUT2D eigenvalue weighted by atomic mass is 10.1. The van der Waals surface area contributed by atoms with Crippen LogP contribution in [0.25, 0.3) is 0 Å². The number of hydrogen-bond acceptors (Lipinski definition) is 2. The van der Waals surface area contributed by atoms with Gasteiger partial charge in [0.15, 0.2) is 0 Å². The van der Waals surface area contributed by atoms with Crippen molar-refractivity contribution in [3.63, 3.8) is 0 Å². The Morgan fingerprint density at radius 3 is 2.63 bits per heavy atom. The molecule has 0 spiro atoms. The molecule has 1 aromatic carbocycles. The van der Waals surface area contributed by atoms with Crippen molar-refractivity contribution in [3.05, 3.63) is 34.9 Å². The second kappa shape index (κ2) is 6.40. The Kier molecular flexibility index (Phi) is 4.83. The largest absolute Gasteiger partial charge is 0.391 e. The number of amides is 1. The van der Waals surface area contributed by atoms with Gasteiger partial charge in [-0.1, -0.05) is 23.7 Å². The number of hydrogen-bond donors (Lipinski definition) is 1. The van der Waals surface area contributed by atoms with Crippen molar-refractivity contribution >= 4 is 17.5 Å². The third-order valence-corrected chi connectivity index (χ3v) is 3.85. The number of carbonyl (C=O) groups excluding carboxylic acids is 1. The van der Waals surface area contributed by atoms with Crippen molar-refractivity contribution in [1.29, 1.82) is 0 Å². The molecule has 0 radical (unpaired) electrons. The maximum absolute atomic E-state index is 12.0. The third-order valence-electron chi connectivity index (χ3n) is 3.59. The number of nitrogens with zero attached hydrogens (tertiary/aromatic N) is 1. The topological polar surface area (TPSA) is 40.5 Å². The first kappa shape index (κ1) is 14.4. The Morgan fingerprint density at radius 1 is 1.42 bits per heavy atom. The average molecular weight is 282 g/mol. The molecule has 0 saturated heterocycles. The van der Waals surface area contributed by atoms with Crippen molar-refractivity contribution in [2.75, 3.05) is 13.6 Å². The SMILES string of the molecule is CN(CC(O)C1CC1)C(=O)CCc1ccc(Cl)cc1. The number of benzene rings is 1. The monoisotopic (exact) mass is 281 g/mol. The van der Waals surface area contributed by atoms with Crippen LogP contribution in [0.4, 0.5) is 0 Å². The van der Waals surface area contributed by atoms with Crippen LogP contribution in [0, 0.1) is 5.92 Å². The van der Waals surface area contributed by atoms with E-state index in [0.717, 1.165) is 18.4 Å². The molecule has 0 aromatic heterocycles. The molecule has 0 aliphatic heterocycles. The van der Waals surface area contributed by atoms with Gasteiger partial charge in [0, 0.05) is 25.0 Å². The number of aryl methyl sites for hydroxylation is 1. The highest BCUT2D eigenvalue weighted by Gasteiger charge is 2.30. The Hall–Kier alpha value is -1.06. The fourth-order valence-corrected chi connectivity index (χ4v) is 2.23. The molecule has 19 heavy (non-hydrogen) atoms. The van der Waals surface area contributed by atoms with Crippen LogP contribution in [-0.4, -0.2) is 35.6 Å². The summed E-state index contributed by atoms with van der Waals surface area (Å²) in [6.45, 7) is 0.449. The van der Waals surface area contributed by atoms with Crippen molar-refractivity contribution in [2.45, 2.75) is 31.8 Å². The zero-order valence-corrected chi connectivity index (χ0v) is 11.9. The summed E-state index contributed by atoms with van der Waals surface area (Å²) in [5, 5.41) is 10.5. The Bertz CT molecular complexity index is 428. The minimum absolute atomic E-state index is 0.0784. The summed E-state index contributed by atoms with van der Waals surface area (Å²) in [5.41, 5.74) is 1.11. The summed E-state index contributed by atoms with van der Waals surface area (Å²) in [6.07, 6.45) is 3.00. The van der Waals surface area contributed by atoms with Crippen LogP contribution in [0.15, 0.2) is 24.3 Å². The molecule has 1 aromatic rings. The summed E-state index contributed by atoms with van der Waals surface area (Å²) in [5.74, 6) is 0.487. The van der Waals surface area contributed by atoms with E-state index in [9.17, 15) is 9.90 Å². The van der Waals surface area contributed by atoms with Gasteiger partial charge in [-0.25, -0.2) is 0 Å². The predicted octanol–water partition coefficient (Wildman–Crippen LogP) is 2.50. The lowest BCUT2D eigenvalue weighted by Crippen LogP contribution is -2.35. The van der Waals surface area contributed by atoms with Crippen molar-refractivity contribution < 1.29 is 9.90 Å². The van der Waals surface area contributed by atoms with E-state index in [2.05, 4.69) is 0 Å². The van der Waals surface area contributed by atoms with Crippen LogP contribution in [0.2, 0.25) is 5.02 Å². The number of carbonyl (C=O) groups is 1. The van der Waals surface area contributed by atoms with E-state index in [-0.39, 0.29) is 12.0 Å². The van der Waals surface area contributed by atoms with Gasteiger partial charge in [0.1, 0.15) is 0 Å². The van der Waals surface area contributed by atoms with E-state index < -0.39 is 0 Å². The first-order chi connectivity index (χ1) is 9.06. The zero-order valence-electron chi connectivity index (χ0n) is 11.2. The van der Waals surface area contributed by atoms with E-state index in [4.69, 9.17) is 11.6 Å². The lowest BCUT2D eigenvalue weighted by molar-refractivity contribution is -0.131. The minimum Gasteiger partial charge on any atom is -0.391 e. The van der Waals surface area contributed by atoms with E-state index in [1.54, 1.807) is 11.9 Å². The van der Waals surface area contributed by atoms with Crippen LogP contribution in [0.5, 0.6) is 0 Å². The van der Waals surface area contributed by atoms with Gasteiger partial charge in [-0.05, 0) is 42.9 Å². The summed E-state index contributed by atoms with van der Waals surface area (Å²) in [6, 6.07) is 7.55. The van der Waals surface area contributed by atoms with Crippen molar-refractivity contribution in [1.82, 2.24) is 4.90 Å². The number of aliphatic hydroxyl groups excluding tert-OH is 1. The summed E-state index contributed by atoms with van der Waals surface area (Å²) in [4.78, 5) is 13.6. The van der Waals surface area contributed by atoms with Gasteiger partial charge in [0.05, 0.1) is 6.10 Å². The molecule has 1 aliphatic carbocycles. The molecule has 1 unspecified atom stereocenters. The molecule has 3 nitrogen and oxygen atoms in total. The van der Waals surface area contributed by atoms with Gasteiger partial charge < -0.3 is 10.0 Å². The van der Waals surface area contributed by atoms with Crippen molar-refractivity contribution in [2.24, 2.45) is 5.92 Å². The molecule has 2 rings (SSSR count). The second-order valence-corrected chi connectivity index (χ2v) is 5.74. The molecule has 104 valence electrons. The molecule has 4 heteroatoms. The highest BCUT2D eigenvalue weighted by molar-refractivity contribution is 6.30. The molecule has 1 fully saturated rings. The van der Waals surface area contributed by atoms with Gasteiger partial charge in [0.2, 0.25) is 5.91 Å². The lowest BCUT2D eigenvalue weighted by Gasteiger charge is -2.20. The summed E-state index contributed by atoms with van der Waals surface area (Å²) >= 11 is 5.81. The van der Waals surface area contributed by atoms with E-state index in [1.165, 1.54) is 0 Å². The number of halogens is 1. The molecule has 1 saturated carbocycles. The van der Waals surface area contributed by atoms with E-state index >= 15 is 0 Å². The molecule has 0 bridgehead atoms. The fraction of sp³-hybridized carbons (Fsp3) is 0.533. The molecule has 1 N–H and O–H groups in total. The standard InChI is InChI=1S/C15H20ClNO2/c1-17(10-14(18)12-5-6-12)15(19)9-4-11-2-7-13(16)8-3-11/h2-3,7-8,12,14,18H,4-6,9-10H2,1H3. The maximum atomic E-state index is 12.0. The van der Waals surface area contributed by atoms with E-state index in [1.807, 2.05) is 24.3 Å². The van der Waals surface area contributed by atoms with Gasteiger partial charge in [0.25, 0.3) is 0 Å². The molecule has 0 heterocycles. The number of likely N-dealkylation sites (N-methyl/N-ethyl adjacent to an activating group) is 1. The smallest absolute Gasteiger partial charge is 0.222 e. The second-order valence-electron chi connectivity index (χ2n) is 5.31. The van der Waals surface area contributed by atoms with Crippen LogP contribution in [0.3, 0.4) is 0 Å². The molecule has 1 amide bonds. The van der Waals surface area contributed by atoms with Crippen LogP contribution >= 0.6 is 11.6 Å². The molecule has 1 aliphatic rings. The summed E-state index contributed by atoms with van der Waals surface area (Å²) in [7, 11) is 1.76. The van der Waals surface area contributed by atoms with Crippen LogP contribution in [0.1, 0.15) is 24.8 Å². The maximum Gasteiger partial charge on any atom is 0.222 e. The van der Waals surface area contributed by atoms with Gasteiger partial charge in [-0.15, -0.1) is 0 Å². The predicted molar refractivity (Wildman–Crippen MR) is 76.1 cm³/mol. The fourth-order valence-electron chi connectivity index (χ4n) is 2.11. The summed E-state index contributed by atoms with van der Waals surface area (Å²) < 4.78 is 0. The Labute approximate surface area is 119 Å². The van der Waals surface area contributed by atoms with Crippen LogP contribution < -0.4 is 0 Å². The van der Waals surface area contributed by atoms with E-state index in [0.29, 0.717) is 30.3 Å². The average Bonchev–Trinajstić information content (AvgIpc) is 3.21. The van der Waals surface area contributed by atoms with Crippen molar-refractivity contribution in [3.8, 4) is 0 Å². The molecular weight excluding hydrogens is 262 g/mol. The first-order valence-corrected chi connectivity index (χ1v) is 7.10. The number of aliphatic hydroxyl groups is 1. The van der Waals surface area contributed by atoms with Gasteiger partial charge >= 0.3 is 0 Å². The normalized spacial score (nSPS) is 16.2. The Balaban J connectivity index is 1.75. The van der Waals surface area contributed by atoms with Crippen LogP contribution in [-0.2, 0) is 11.2 Å². The number of rotatable bonds is 6. The third kappa shape index (κ3) is 4.51. The zero-order chi connectivity index (χ0) is 13.8. The Morgan fingerprint density at radius 2 is 2.05 bits per heavy atom. The quantitative estimate of drug-likeness (QED) is 0.870. The minimum atomic E-state index is -0.357. The van der Waals surface area contributed by atoms with Gasteiger partial charge in [-0.3, -0.25) is 4.79 Å². The molecular formula is C15H20ClNO2. The highest BCUT2D eigenvalue weighted by Crippen LogP contribution is 2.32. The van der Waals surface area contributed by atoms with Gasteiger partial charge in [-0.2, -0.15) is 0 Å². The molecule has 1 atom stereocenters.